The van der Waals surface area contributed by atoms with Crippen molar-refractivity contribution in [3.8, 4) is 5.75 Å². The van der Waals surface area contributed by atoms with E-state index in [-0.39, 0.29) is 30.8 Å². The van der Waals surface area contributed by atoms with E-state index in [4.69, 9.17) is 14.6 Å². The van der Waals surface area contributed by atoms with Crippen molar-refractivity contribution in [3.63, 3.8) is 0 Å². The lowest BCUT2D eigenvalue weighted by atomic mass is 10.1. The predicted octanol–water partition coefficient (Wildman–Crippen LogP) is 2.53. The number of ether oxygens (including phenoxy) is 2. The van der Waals surface area contributed by atoms with Crippen molar-refractivity contribution in [2.75, 3.05) is 20.2 Å². The van der Waals surface area contributed by atoms with E-state index < -0.39 is 33.5 Å². The molecule has 0 amide bonds. The van der Waals surface area contributed by atoms with Crippen LogP contribution in [0.15, 0.2) is 29.2 Å². The van der Waals surface area contributed by atoms with Crippen molar-refractivity contribution < 1.29 is 32.6 Å². The van der Waals surface area contributed by atoms with Gasteiger partial charge < -0.3 is 14.6 Å². The highest BCUT2D eigenvalue weighted by molar-refractivity contribution is 7.89. The molecule has 0 spiro atoms. The maximum absolute atomic E-state index is 13.0. The summed E-state index contributed by atoms with van der Waals surface area (Å²) in [4.78, 5) is 23.0. The Morgan fingerprint density at radius 2 is 1.75 bits per heavy atom. The fourth-order valence-electron chi connectivity index (χ4n) is 2.53. The highest BCUT2D eigenvalue weighted by Gasteiger charge is 2.28. The van der Waals surface area contributed by atoms with E-state index in [2.05, 4.69) is 0 Å². The lowest BCUT2D eigenvalue weighted by molar-refractivity contribution is -0.155. The minimum atomic E-state index is -3.92. The Hall–Kier alpha value is -2.13. The number of carboxylic acid groups (broad SMARTS) is 1. The SMILES string of the molecule is COc1ccc(S(=O)(=O)N(CCC(=O)OC(C)(C)C)CC(C)CC(=O)O)cc1. The molecule has 0 saturated heterocycles. The number of benzene rings is 1. The van der Waals surface area contributed by atoms with Gasteiger partial charge in [0.1, 0.15) is 11.4 Å². The van der Waals surface area contributed by atoms with Crippen LogP contribution in [0.3, 0.4) is 0 Å². The molecule has 0 fully saturated rings. The van der Waals surface area contributed by atoms with Crippen LogP contribution in [-0.2, 0) is 24.3 Å². The summed E-state index contributed by atoms with van der Waals surface area (Å²) < 4.78 is 37.5. The Morgan fingerprint density at radius 3 is 2.21 bits per heavy atom. The Balaban J connectivity index is 3.03. The van der Waals surface area contributed by atoms with Crippen molar-refractivity contribution in [1.29, 1.82) is 0 Å². The van der Waals surface area contributed by atoms with Gasteiger partial charge in [-0.3, -0.25) is 9.59 Å². The first-order valence-electron chi connectivity index (χ1n) is 8.93. The van der Waals surface area contributed by atoms with Gasteiger partial charge in [-0.25, -0.2) is 8.42 Å². The standard InChI is InChI=1S/C19H29NO7S/c1-14(12-17(21)22)13-20(11-10-18(23)27-19(2,3)4)28(24,25)16-8-6-15(26-5)7-9-16/h6-9,14H,10-13H2,1-5H3,(H,21,22). The lowest BCUT2D eigenvalue weighted by Gasteiger charge is -2.26. The van der Waals surface area contributed by atoms with Crippen molar-refractivity contribution in [2.24, 2.45) is 5.92 Å². The fraction of sp³-hybridized carbons (Fsp3) is 0.579. The molecule has 0 heterocycles. The van der Waals surface area contributed by atoms with Gasteiger partial charge in [0.05, 0.1) is 18.4 Å². The molecule has 1 aromatic carbocycles. The third kappa shape index (κ3) is 7.85. The number of rotatable bonds is 10. The average Bonchev–Trinajstić information content (AvgIpc) is 2.56. The molecule has 0 aromatic heterocycles. The molecule has 158 valence electrons. The second-order valence-electron chi connectivity index (χ2n) is 7.58. The van der Waals surface area contributed by atoms with Crippen LogP contribution in [0.4, 0.5) is 0 Å². The quantitative estimate of drug-likeness (QED) is 0.585. The van der Waals surface area contributed by atoms with E-state index in [0.717, 1.165) is 4.31 Å². The van der Waals surface area contributed by atoms with Gasteiger partial charge >= 0.3 is 11.9 Å². The van der Waals surface area contributed by atoms with Gasteiger partial charge in [-0.1, -0.05) is 6.92 Å². The number of carbonyl (C=O) groups is 2. The Labute approximate surface area is 166 Å². The molecule has 9 heteroatoms. The Morgan fingerprint density at radius 1 is 1.18 bits per heavy atom. The molecule has 0 bridgehead atoms. The van der Waals surface area contributed by atoms with Crippen molar-refractivity contribution in [2.45, 2.75) is 51.0 Å². The molecule has 1 rings (SSSR count). The van der Waals surface area contributed by atoms with Gasteiger partial charge in [0, 0.05) is 19.5 Å². The zero-order valence-electron chi connectivity index (χ0n) is 17.0. The van der Waals surface area contributed by atoms with Crippen molar-refractivity contribution in [3.05, 3.63) is 24.3 Å². The summed E-state index contributed by atoms with van der Waals surface area (Å²) in [6, 6.07) is 5.88. The summed E-state index contributed by atoms with van der Waals surface area (Å²) in [5, 5.41) is 8.96. The molecule has 0 aliphatic carbocycles. The maximum Gasteiger partial charge on any atom is 0.307 e. The molecule has 0 aliphatic heterocycles. The second-order valence-corrected chi connectivity index (χ2v) is 9.52. The molecule has 0 aliphatic rings. The van der Waals surface area contributed by atoms with Gasteiger partial charge in [-0.05, 0) is 51.0 Å². The minimum Gasteiger partial charge on any atom is -0.497 e. The first-order valence-corrected chi connectivity index (χ1v) is 10.4. The highest BCUT2D eigenvalue weighted by atomic mass is 32.2. The number of nitrogens with zero attached hydrogens (tertiary/aromatic N) is 1. The van der Waals surface area contributed by atoms with Gasteiger partial charge in [-0.2, -0.15) is 4.31 Å². The molecular formula is C19H29NO7S. The van der Waals surface area contributed by atoms with Gasteiger partial charge in [0.2, 0.25) is 10.0 Å². The third-order valence-corrected chi connectivity index (χ3v) is 5.60. The largest absolute Gasteiger partial charge is 0.497 e. The fourth-order valence-corrected chi connectivity index (χ4v) is 4.09. The van der Waals surface area contributed by atoms with Gasteiger partial charge in [-0.15, -0.1) is 0 Å². The number of carbonyl (C=O) groups excluding carboxylic acids is 1. The molecule has 1 N–H and O–H groups in total. The molecule has 0 saturated carbocycles. The van der Waals surface area contributed by atoms with Gasteiger partial charge in [0.25, 0.3) is 0 Å². The summed E-state index contributed by atoms with van der Waals surface area (Å²) in [6.07, 6.45) is -0.312. The van der Waals surface area contributed by atoms with E-state index in [0.29, 0.717) is 5.75 Å². The number of hydrogen-bond acceptors (Lipinski definition) is 6. The number of hydrogen-bond donors (Lipinski definition) is 1. The molecule has 28 heavy (non-hydrogen) atoms. The van der Waals surface area contributed by atoms with Crippen molar-refractivity contribution >= 4 is 22.0 Å². The van der Waals surface area contributed by atoms with E-state index in [1.54, 1.807) is 27.7 Å². The monoisotopic (exact) mass is 415 g/mol. The van der Waals surface area contributed by atoms with Crippen LogP contribution < -0.4 is 4.74 Å². The van der Waals surface area contributed by atoms with Crippen LogP contribution in [0.5, 0.6) is 5.75 Å². The highest BCUT2D eigenvalue weighted by Crippen LogP contribution is 2.22. The van der Waals surface area contributed by atoms with Crippen LogP contribution >= 0.6 is 0 Å². The van der Waals surface area contributed by atoms with Crippen LogP contribution in [0.25, 0.3) is 0 Å². The number of esters is 1. The zero-order valence-corrected chi connectivity index (χ0v) is 17.8. The molecule has 1 aromatic rings. The number of sulfonamides is 1. The van der Waals surface area contributed by atoms with Gasteiger partial charge in [0.15, 0.2) is 0 Å². The van der Waals surface area contributed by atoms with Crippen LogP contribution in [0.1, 0.15) is 40.5 Å². The van der Waals surface area contributed by atoms with E-state index >= 15 is 0 Å². The summed E-state index contributed by atoms with van der Waals surface area (Å²) in [5.74, 6) is -1.45. The Bertz CT molecular complexity index is 766. The predicted molar refractivity (Wildman–Crippen MR) is 104 cm³/mol. The zero-order chi connectivity index (χ0) is 21.5. The van der Waals surface area contributed by atoms with E-state index in [9.17, 15) is 18.0 Å². The second kappa shape index (κ2) is 9.88. The number of methoxy groups -OCH3 is 1. The molecule has 0 radical (unpaired) electrons. The first kappa shape index (κ1) is 23.9. The lowest BCUT2D eigenvalue weighted by Crippen LogP contribution is -2.37. The van der Waals surface area contributed by atoms with E-state index in [1.165, 1.54) is 31.4 Å². The first-order chi connectivity index (χ1) is 12.8. The number of carboxylic acids is 1. The third-order valence-electron chi connectivity index (χ3n) is 3.72. The summed E-state index contributed by atoms with van der Waals surface area (Å²) in [7, 11) is -2.44. The van der Waals surface area contributed by atoms with Crippen LogP contribution in [0, 0.1) is 5.92 Å². The Kier molecular flexibility index (Phi) is 8.44. The minimum absolute atomic E-state index is 0.0243. The summed E-state index contributed by atoms with van der Waals surface area (Å²) >= 11 is 0. The summed E-state index contributed by atoms with van der Waals surface area (Å²) in [6.45, 7) is 6.71. The van der Waals surface area contributed by atoms with Crippen LogP contribution in [0.2, 0.25) is 0 Å². The van der Waals surface area contributed by atoms with Crippen molar-refractivity contribution in [1.82, 2.24) is 4.31 Å². The topological polar surface area (TPSA) is 110 Å². The molecule has 1 atom stereocenters. The van der Waals surface area contributed by atoms with E-state index in [1.807, 2.05) is 0 Å². The maximum atomic E-state index is 13.0. The molecule has 1 unspecified atom stereocenters. The molecule has 8 nitrogen and oxygen atoms in total. The summed E-state index contributed by atoms with van der Waals surface area (Å²) in [5.41, 5.74) is -0.673. The normalized spacial score (nSPS) is 13.2. The number of aliphatic carboxylic acids is 1. The van der Waals surface area contributed by atoms with Crippen LogP contribution in [-0.4, -0.2) is 55.6 Å². The average molecular weight is 416 g/mol. The smallest absolute Gasteiger partial charge is 0.307 e. The molecular weight excluding hydrogens is 386 g/mol.